The number of carbonyl (C=O) groups excluding carboxylic acids is 2. The van der Waals surface area contributed by atoms with E-state index in [0.717, 1.165) is 12.1 Å². The molecule has 3 rings (SSSR count). The lowest BCUT2D eigenvalue weighted by atomic mass is 10.1. The average Bonchev–Trinajstić information content (AvgIpc) is 2.95. The number of benzene rings is 3. The fourth-order valence-corrected chi connectivity index (χ4v) is 6.10. The van der Waals surface area contributed by atoms with Crippen LogP contribution >= 0.6 is 11.6 Å². The van der Waals surface area contributed by atoms with E-state index in [1.54, 1.807) is 51.1 Å². The topological polar surface area (TPSA) is 96.0 Å². The summed E-state index contributed by atoms with van der Waals surface area (Å²) in [5.74, 6) is -0.807. The van der Waals surface area contributed by atoms with Crippen LogP contribution in [0.15, 0.2) is 77.7 Å². The Labute approximate surface area is 254 Å². The van der Waals surface area contributed by atoms with E-state index >= 15 is 0 Å². The summed E-state index contributed by atoms with van der Waals surface area (Å²) in [6, 6.07) is 14.7. The summed E-state index contributed by atoms with van der Waals surface area (Å²) in [5, 5.41) is 2.46. The number of sulfonamides is 1. The highest BCUT2D eigenvalue weighted by Gasteiger charge is 2.37. The molecule has 0 aliphatic carbocycles. The fraction of sp³-hybridized carbons (Fsp3) is 0.333. The van der Waals surface area contributed by atoms with Gasteiger partial charge in [0.15, 0.2) is 0 Å². The van der Waals surface area contributed by atoms with Crippen molar-refractivity contribution in [2.75, 3.05) is 18.0 Å². The van der Waals surface area contributed by atoms with Gasteiger partial charge in [-0.2, -0.15) is 13.2 Å². The van der Waals surface area contributed by atoms with Gasteiger partial charge in [0, 0.05) is 12.6 Å². The Hall–Kier alpha value is -3.77. The number of nitrogens with zero attached hydrogens (tertiary/aromatic N) is 2. The van der Waals surface area contributed by atoms with E-state index in [4.69, 9.17) is 16.3 Å². The molecule has 2 amide bonds. The minimum atomic E-state index is -4.81. The summed E-state index contributed by atoms with van der Waals surface area (Å²) in [4.78, 5) is 28.3. The van der Waals surface area contributed by atoms with E-state index < -0.39 is 51.9 Å². The molecule has 13 heteroatoms. The van der Waals surface area contributed by atoms with Crippen molar-refractivity contribution in [2.24, 2.45) is 0 Å². The van der Waals surface area contributed by atoms with Crippen LogP contribution in [0.25, 0.3) is 0 Å². The van der Waals surface area contributed by atoms with Gasteiger partial charge in [0.2, 0.25) is 11.8 Å². The van der Waals surface area contributed by atoms with E-state index in [1.807, 2.05) is 0 Å². The third-order valence-corrected chi connectivity index (χ3v) is 8.55. The summed E-state index contributed by atoms with van der Waals surface area (Å²) in [6.45, 7) is 4.15. The van der Waals surface area contributed by atoms with Gasteiger partial charge in [-0.1, -0.05) is 48.9 Å². The molecule has 0 heterocycles. The highest BCUT2D eigenvalue weighted by molar-refractivity contribution is 7.92. The van der Waals surface area contributed by atoms with Crippen molar-refractivity contribution >= 4 is 39.1 Å². The standard InChI is InChI=1S/C30H33ClF3N3O5S/c1-5-26(29(39)35-20(2)3)36(18-21-10-9-11-23(16-21)42-4)28(38)19-37(43(40,41)24-12-7-6-8-13-24)27-17-22(30(32,33)34)14-15-25(27)31/h6-17,20,26H,5,18-19H2,1-4H3,(H,35,39)/t26-/m1/s1. The van der Waals surface area contributed by atoms with Gasteiger partial charge in [-0.25, -0.2) is 8.42 Å². The number of methoxy groups -OCH3 is 1. The van der Waals surface area contributed by atoms with Crippen LogP contribution in [0.5, 0.6) is 5.75 Å². The molecule has 1 N–H and O–H groups in total. The predicted molar refractivity (Wildman–Crippen MR) is 158 cm³/mol. The minimum absolute atomic E-state index is 0.115. The highest BCUT2D eigenvalue weighted by atomic mass is 35.5. The summed E-state index contributed by atoms with van der Waals surface area (Å²) in [6.07, 6.45) is -4.64. The van der Waals surface area contributed by atoms with Gasteiger partial charge >= 0.3 is 6.18 Å². The molecule has 8 nitrogen and oxygen atoms in total. The molecule has 0 aliphatic rings. The van der Waals surface area contributed by atoms with Crippen LogP contribution in [0.4, 0.5) is 18.9 Å². The van der Waals surface area contributed by atoms with Crippen molar-refractivity contribution in [2.45, 2.75) is 56.9 Å². The molecule has 0 aliphatic heterocycles. The summed E-state index contributed by atoms with van der Waals surface area (Å²) < 4.78 is 74.6. The molecular weight excluding hydrogens is 607 g/mol. The lowest BCUT2D eigenvalue weighted by Crippen LogP contribution is -2.53. The lowest BCUT2D eigenvalue weighted by molar-refractivity contribution is -0.140. The van der Waals surface area contributed by atoms with Crippen molar-refractivity contribution in [1.82, 2.24) is 10.2 Å². The van der Waals surface area contributed by atoms with Gasteiger partial charge in [-0.3, -0.25) is 13.9 Å². The van der Waals surface area contributed by atoms with E-state index in [9.17, 15) is 31.2 Å². The van der Waals surface area contributed by atoms with Crippen LogP contribution in [-0.2, 0) is 32.3 Å². The highest BCUT2D eigenvalue weighted by Crippen LogP contribution is 2.37. The maximum Gasteiger partial charge on any atom is 0.416 e. The predicted octanol–water partition coefficient (Wildman–Crippen LogP) is 5.89. The van der Waals surface area contributed by atoms with E-state index in [2.05, 4.69) is 5.32 Å². The molecule has 3 aromatic rings. The zero-order chi connectivity index (χ0) is 31.9. The number of anilines is 1. The first-order valence-corrected chi connectivity index (χ1v) is 15.2. The lowest BCUT2D eigenvalue weighted by Gasteiger charge is -2.34. The van der Waals surface area contributed by atoms with Crippen LogP contribution in [0.2, 0.25) is 5.02 Å². The molecule has 3 aromatic carbocycles. The maximum absolute atomic E-state index is 14.1. The van der Waals surface area contributed by atoms with Crippen LogP contribution in [0, 0.1) is 0 Å². The molecule has 0 fully saturated rings. The molecule has 232 valence electrons. The van der Waals surface area contributed by atoms with Crippen molar-refractivity contribution < 1.29 is 35.9 Å². The fourth-order valence-electron chi connectivity index (χ4n) is 4.38. The monoisotopic (exact) mass is 639 g/mol. The number of rotatable bonds is 12. The molecule has 0 saturated carbocycles. The smallest absolute Gasteiger partial charge is 0.416 e. The zero-order valence-corrected chi connectivity index (χ0v) is 25.6. The first-order chi connectivity index (χ1) is 20.2. The molecule has 43 heavy (non-hydrogen) atoms. The molecule has 0 saturated heterocycles. The average molecular weight is 640 g/mol. The zero-order valence-electron chi connectivity index (χ0n) is 24.1. The number of ether oxygens (including phenoxy) is 1. The minimum Gasteiger partial charge on any atom is -0.497 e. The maximum atomic E-state index is 14.1. The summed E-state index contributed by atoms with van der Waals surface area (Å²) >= 11 is 6.28. The number of amides is 2. The Morgan fingerprint density at radius 2 is 1.67 bits per heavy atom. The molecule has 0 unspecified atom stereocenters. The molecule has 0 spiro atoms. The van der Waals surface area contributed by atoms with E-state index in [-0.39, 0.29) is 28.9 Å². The van der Waals surface area contributed by atoms with Crippen molar-refractivity contribution in [1.29, 1.82) is 0 Å². The van der Waals surface area contributed by atoms with Crippen molar-refractivity contribution in [3.63, 3.8) is 0 Å². The van der Waals surface area contributed by atoms with Gasteiger partial charge < -0.3 is 15.0 Å². The summed E-state index contributed by atoms with van der Waals surface area (Å²) in [5.41, 5.74) is -1.10. The number of carbonyl (C=O) groups is 2. The van der Waals surface area contributed by atoms with Crippen LogP contribution in [-0.4, -0.2) is 50.9 Å². The van der Waals surface area contributed by atoms with Gasteiger partial charge in [0.25, 0.3) is 10.0 Å². The molecule has 0 aromatic heterocycles. The van der Waals surface area contributed by atoms with Crippen LogP contribution in [0.1, 0.15) is 38.3 Å². The van der Waals surface area contributed by atoms with Gasteiger partial charge in [-0.05, 0) is 68.3 Å². The molecular formula is C30H33ClF3N3O5S. The van der Waals surface area contributed by atoms with Crippen LogP contribution in [0.3, 0.4) is 0 Å². The van der Waals surface area contributed by atoms with Gasteiger partial charge in [0.1, 0.15) is 18.3 Å². The first kappa shape index (κ1) is 33.7. The Morgan fingerprint density at radius 3 is 2.26 bits per heavy atom. The third kappa shape index (κ3) is 8.41. The van der Waals surface area contributed by atoms with E-state index in [1.165, 1.54) is 36.3 Å². The number of nitrogens with one attached hydrogen (secondary N) is 1. The Balaban J connectivity index is 2.16. The number of hydrogen-bond donors (Lipinski definition) is 1. The van der Waals surface area contributed by atoms with Crippen molar-refractivity contribution in [3.05, 3.63) is 88.9 Å². The Morgan fingerprint density at radius 1 is 1.00 bits per heavy atom. The molecule has 0 radical (unpaired) electrons. The second-order valence-electron chi connectivity index (χ2n) is 9.95. The third-order valence-electron chi connectivity index (χ3n) is 6.46. The number of alkyl halides is 3. The van der Waals surface area contributed by atoms with Gasteiger partial charge in [0.05, 0.1) is 28.3 Å². The second-order valence-corrected chi connectivity index (χ2v) is 12.2. The van der Waals surface area contributed by atoms with Gasteiger partial charge in [-0.15, -0.1) is 0 Å². The molecule has 1 atom stereocenters. The largest absolute Gasteiger partial charge is 0.497 e. The van der Waals surface area contributed by atoms with E-state index in [0.29, 0.717) is 21.7 Å². The van der Waals surface area contributed by atoms with Crippen molar-refractivity contribution in [3.8, 4) is 5.75 Å². The second kappa shape index (κ2) is 14.1. The first-order valence-electron chi connectivity index (χ1n) is 13.4. The Bertz CT molecular complexity index is 1540. The summed E-state index contributed by atoms with van der Waals surface area (Å²) in [7, 11) is -3.14. The molecule has 0 bridgehead atoms. The Kier molecular flexibility index (Phi) is 11.1. The SMILES string of the molecule is CC[C@H](C(=O)NC(C)C)N(Cc1cccc(OC)c1)C(=O)CN(c1cc(C(F)(F)F)ccc1Cl)S(=O)(=O)c1ccccc1. The number of halogens is 4. The normalized spacial score (nSPS) is 12.5. The quantitative estimate of drug-likeness (QED) is 0.267. The number of hydrogen-bond acceptors (Lipinski definition) is 5. The van der Waals surface area contributed by atoms with Crippen LogP contribution < -0.4 is 14.4 Å².